The Bertz CT molecular complexity index is 1860. The van der Waals surface area contributed by atoms with Gasteiger partial charge in [-0.05, 0) is 55.9 Å². The van der Waals surface area contributed by atoms with Gasteiger partial charge in [0.15, 0.2) is 10.8 Å². The molecule has 0 atom stereocenters. The van der Waals surface area contributed by atoms with Crippen molar-refractivity contribution in [3.05, 3.63) is 99.9 Å². The summed E-state index contributed by atoms with van der Waals surface area (Å²) in [6.07, 6.45) is 3.85. The fraction of sp³-hybridized carbons (Fsp3) is 0.167. The van der Waals surface area contributed by atoms with E-state index in [0.29, 0.717) is 23.0 Å². The van der Waals surface area contributed by atoms with Gasteiger partial charge in [-0.25, -0.2) is 9.97 Å². The molecule has 0 spiro atoms. The molecular formula is C30H28N8O2S. The summed E-state index contributed by atoms with van der Waals surface area (Å²) in [5.41, 5.74) is 4.83. The highest BCUT2D eigenvalue weighted by Crippen LogP contribution is 2.33. The molecule has 206 valence electrons. The molecule has 0 bridgehead atoms. The van der Waals surface area contributed by atoms with Crippen molar-refractivity contribution in [1.82, 2.24) is 24.4 Å². The van der Waals surface area contributed by atoms with Crippen LogP contribution >= 0.6 is 11.3 Å². The lowest BCUT2D eigenvalue weighted by atomic mass is 10.2. The van der Waals surface area contributed by atoms with Crippen molar-refractivity contribution in [1.29, 1.82) is 0 Å². The molecule has 0 fully saturated rings. The van der Waals surface area contributed by atoms with Gasteiger partial charge in [0.1, 0.15) is 0 Å². The zero-order chi connectivity index (χ0) is 28.5. The highest BCUT2D eigenvalue weighted by Gasteiger charge is 2.19. The van der Waals surface area contributed by atoms with E-state index in [1.807, 2.05) is 31.2 Å². The third kappa shape index (κ3) is 5.45. The van der Waals surface area contributed by atoms with Crippen LogP contribution in [0.15, 0.2) is 78.2 Å². The summed E-state index contributed by atoms with van der Waals surface area (Å²) in [5.74, 6) is -0.00345. The summed E-state index contributed by atoms with van der Waals surface area (Å²) in [6, 6.07) is 16.4. The lowest BCUT2D eigenvalue weighted by molar-refractivity contribution is -0.111. The third-order valence-corrected chi connectivity index (χ3v) is 7.86. The van der Waals surface area contributed by atoms with Gasteiger partial charge >= 0.3 is 0 Å². The molecule has 1 aliphatic heterocycles. The van der Waals surface area contributed by atoms with Gasteiger partial charge in [-0.15, -0.1) is 11.3 Å². The Hall–Kier alpha value is -4.87. The molecule has 0 saturated heterocycles. The van der Waals surface area contributed by atoms with Gasteiger partial charge in [0.2, 0.25) is 11.9 Å². The molecule has 0 unspecified atom stereocenters. The molecule has 5 aromatic rings. The summed E-state index contributed by atoms with van der Waals surface area (Å²) in [7, 11) is 2.12. The normalized spacial score (nSPS) is 13.0. The SMILES string of the molecule is C=CC(=O)Nc1cccc(-n2c(=O)cc(C)c3cnc(Nc4ccccc4Nc4nc5c(s4)CN(C)CC5)nc32)c1. The molecule has 11 heteroatoms. The second-order valence-corrected chi connectivity index (χ2v) is 10.9. The molecule has 3 N–H and O–H groups in total. The molecule has 0 radical (unpaired) electrons. The van der Waals surface area contributed by atoms with Gasteiger partial charge in [0.25, 0.3) is 5.56 Å². The van der Waals surface area contributed by atoms with E-state index in [4.69, 9.17) is 9.97 Å². The smallest absolute Gasteiger partial charge is 0.257 e. The fourth-order valence-electron chi connectivity index (χ4n) is 4.79. The van der Waals surface area contributed by atoms with E-state index < -0.39 is 0 Å². The molecule has 2 aromatic carbocycles. The summed E-state index contributed by atoms with van der Waals surface area (Å²) in [4.78, 5) is 42.8. The van der Waals surface area contributed by atoms with Crippen LogP contribution in [0.4, 0.5) is 28.1 Å². The minimum atomic E-state index is -0.338. The molecular weight excluding hydrogens is 536 g/mol. The van der Waals surface area contributed by atoms with Crippen LogP contribution < -0.4 is 21.5 Å². The van der Waals surface area contributed by atoms with Crippen molar-refractivity contribution >= 4 is 56.4 Å². The summed E-state index contributed by atoms with van der Waals surface area (Å²) >= 11 is 1.67. The number of amides is 1. The first-order valence-electron chi connectivity index (χ1n) is 13.1. The largest absolute Gasteiger partial charge is 0.330 e. The molecule has 6 rings (SSSR count). The number of aryl methyl sites for hydroxylation is 1. The third-order valence-electron chi connectivity index (χ3n) is 6.86. The van der Waals surface area contributed by atoms with Crippen molar-refractivity contribution in [2.45, 2.75) is 19.9 Å². The number of nitrogens with one attached hydrogen (secondary N) is 3. The van der Waals surface area contributed by atoms with Crippen LogP contribution in [0.5, 0.6) is 0 Å². The van der Waals surface area contributed by atoms with Gasteiger partial charge < -0.3 is 20.9 Å². The maximum Gasteiger partial charge on any atom is 0.257 e. The number of benzene rings is 2. The molecule has 0 aliphatic carbocycles. The summed E-state index contributed by atoms with van der Waals surface area (Å²) in [5, 5.41) is 11.1. The number of hydrogen-bond donors (Lipinski definition) is 3. The maximum atomic E-state index is 13.2. The maximum absolute atomic E-state index is 13.2. The molecule has 1 aliphatic rings. The predicted molar refractivity (Wildman–Crippen MR) is 164 cm³/mol. The minimum absolute atomic E-state index is 0.243. The lowest BCUT2D eigenvalue weighted by Gasteiger charge is -2.20. The summed E-state index contributed by atoms with van der Waals surface area (Å²) < 4.78 is 1.51. The molecule has 0 saturated carbocycles. The molecule has 1 amide bonds. The Labute approximate surface area is 240 Å². The second-order valence-electron chi connectivity index (χ2n) is 9.85. The van der Waals surface area contributed by atoms with E-state index in [0.717, 1.165) is 52.7 Å². The minimum Gasteiger partial charge on any atom is -0.330 e. The Kier molecular flexibility index (Phi) is 7.04. The van der Waals surface area contributed by atoms with Crippen molar-refractivity contribution < 1.29 is 4.79 Å². The fourth-order valence-corrected chi connectivity index (χ4v) is 5.89. The first-order valence-corrected chi connectivity index (χ1v) is 13.9. The Morgan fingerprint density at radius 2 is 1.88 bits per heavy atom. The lowest BCUT2D eigenvalue weighted by Crippen LogP contribution is -2.25. The van der Waals surface area contributed by atoms with Gasteiger partial charge in [-0.1, -0.05) is 24.8 Å². The Morgan fingerprint density at radius 1 is 1.07 bits per heavy atom. The highest BCUT2D eigenvalue weighted by atomic mass is 32.1. The Balaban J connectivity index is 1.35. The molecule has 4 heterocycles. The number of aromatic nitrogens is 4. The quantitative estimate of drug-likeness (QED) is 0.233. The van der Waals surface area contributed by atoms with Crippen LogP contribution in [-0.2, 0) is 17.8 Å². The van der Waals surface area contributed by atoms with Crippen molar-refractivity contribution in [2.75, 3.05) is 29.5 Å². The van der Waals surface area contributed by atoms with Crippen LogP contribution in [0.25, 0.3) is 16.7 Å². The van der Waals surface area contributed by atoms with Crippen LogP contribution in [0.3, 0.4) is 0 Å². The topological polar surface area (TPSA) is 117 Å². The van der Waals surface area contributed by atoms with Crippen LogP contribution in [0.1, 0.15) is 16.1 Å². The zero-order valence-electron chi connectivity index (χ0n) is 22.6. The zero-order valence-corrected chi connectivity index (χ0v) is 23.5. The number of hydrogen-bond acceptors (Lipinski definition) is 9. The predicted octanol–water partition coefficient (Wildman–Crippen LogP) is 5.15. The number of fused-ring (bicyclic) bond motifs is 2. The van der Waals surface area contributed by atoms with Crippen LogP contribution in [0, 0.1) is 6.92 Å². The van der Waals surface area contributed by atoms with Gasteiger partial charge in [0.05, 0.1) is 22.8 Å². The average Bonchev–Trinajstić information content (AvgIpc) is 3.35. The number of carbonyl (C=O) groups excluding carboxylic acids is 1. The van der Waals surface area contributed by atoms with Gasteiger partial charge in [0, 0.05) is 47.7 Å². The first kappa shape index (κ1) is 26.4. The monoisotopic (exact) mass is 564 g/mol. The summed E-state index contributed by atoms with van der Waals surface area (Å²) in [6.45, 7) is 7.26. The average molecular weight is 565 g/mol. The number of nitrogens with zero attached hydrogens (tertiary/aromatic N) is 5. The molecule has 41 heavy (non-hydrogen) atoms. The Morgan fingerprint density at radius 3 is 2.68 bits per heavy atom. The highest BCUT2D eigenvalue weighted by molar-refractivity contribution is 7.15. The van der Waals surface area contributed by atoms with E-state index in [2.05, 4.69) is 39.5 Å². The number of pyridine rings is 1. The number of rotatable bonds is 7. The molecule has 10 nitrogen and oxygen atoms in total. The van der Waals surface area contributed by atoms with E-state index in [-0.39, 0.29) is 11.5 Å². The first-order chi connectivity index (χ1) is 19.9. The van der Waals surface area contributed by atoms with E-state index in [1.165, 1.54) is 15.5 Å². The van der Waals surface area contributed by atoms with Crippen LogP contribution in [0.2, 0.25) is 0 Å². The van der Waals surface area contributed by atoms with Gasteiger partial charge in [-0.3, -0.25) is 14.2 Å². The standard InChI is InChI=1S/C30H28N8O2S/c1-4-26(39)32-19-8-7-9-20(15-19)38-27(40)14-18(2)21-16-31-29(36-28(21)38)33-22-10-5-6-11-23(22)34-30-35-24-12-13-37(3)17-25(24)41-30/h4-11,14-16H,1,12-13,17H2,2-3H3,(H,32,39)(H,34,35)(H,31,33,36). The van der Waals surface area contributed by atoms with E-state index >= 15 is 0 Å². The van der Waals surface area contributed by atoms with E-state index in [9.17, 15) is 9.59 Å². The van der Waals surface area contributed by atoms with Crippen molar-refractivity contribution in [3.63, 3.8) is 0 Å². The molecule has 3 aromatic heterocycles. The van der Waals surface area contributed by atoms with Crippen LogP contribution in [-0.4, -0.2) is 43.9 Å². The van der Waals surface area contributed by atoms with Crippen molar-refractivity contribution in [2.24, 2.45) is 0 Å². The van der Waals surface area contributed by atoms with E-state index in [1.54, 1.807) is 47.9 Å². The number of anilines is 5. The number of para-hydroxylation sites is 2. The number of carbonyl (C=O) groups is 1. The number of thiazole rings is 1. The second kappa shape index (κ2) is 11.0. The van der Waals surface area contributed by atoms with Crippen molar-refractivity contribution in [3.8, 4) is 5.69 Å². The number of likely N-dealkylation sites (N-methyl/N-ethyl adjacent to an activating group) is 1. The van der Waals surface area contributed by atoms with Gasteiger partial charge in [-0.2, -0.15) is 4.98 Å².